The summed E-state index contributed by atoms with van der Waals surface area (Å²) in [5.41, 5.74) is 5.13. The van der Waals surface area contributed by atoms with E-state index in [1.807, 2.05) is 17.5 Å². The van der Waals surface area contributed by atoms with E-state index in [0.717, 1.165) is 4.88 Å². The molecule has 0 radical (unpaired) electrons. The number of carbonyl (C=O) groups excluding carboxylic acids is 1. The summed E-state index contributed by atoms with van der Waals surface area (Å²) in [6.07, 6.45) is 0.341. The Morgan fingerprint density at radius 2 is 2.11 bits per heavy atom. The molecule has 1 rings (SSSR count). The Morgan fingerprint density at radius 1 is 1.47 bits per heavy atom. The predicted molar refractivity (Wildman–Crippen MR) is 73.0 cm³/mol. The number of esters is 1. The fourth-order valence-corrected chi connectivity index (χ4v) is 2.38. The molecule has 1 aromatic heterocycles. The molecule has 0 saturated carbocycles. The van der Waals surface area contributed by atoms with Crippen LogP contribution in [0.4, 0.5) is 0 Å². The van der Waals surface area contributed by atoms with Crippen molar-refractivity contribution in [3.8, 4) is 0 Å². The Morgan fingerprint density at radius 3 is 2.53 bits per heavy atom. The fraction of sp³-hybridized carbons (Fsp3) is 0.538. The van der Waals surface area contributed by atoms with E-state index in [1.165, 1.54) is 11.3 Å². The molecule has 0 aromatic carbocycles. The Kier molecular flexibility index (Phi) is 5.08. The molecule has 0 spiro atoms. The van der Waals surface area contributed by atoms with Crippen LogP contribution in [0.1, 0.15) is 25.6 Å². The van der Waals surface area contributed by atoms with Crippen molar-refractivity contribution in [1.29, 1.82) is 0 Å². The standard InChI is InChI=1S/C13H19NO4S/c1-13(2,3)18-12(17)10(11(15)16)9(14)7-8-5-4-6-19-8/h4-6,9-10H,7,14H2,1-3H3,(H,15,16)/t9-,10+/m1/s1. The number of rotatable bonds is 5. The monoisotopic (exact) mass is 285 g/mol. The zero-order valence-corrected chi connectivity index (χ0v) is 12.1. The summed E-state index contributed by atoms with van der Waals surface area (Å²) in [6.45, 7) is 5.07. The maximum Gasteiger partial charge on any atom is 0.322 e. The second-order valence-electron chi connectivity index (χ2n) is 5.30. The van der Waals surface area contributed by atoms with Crippen molar-refractivity contribution in [3.05, 3.63) is 22.4 Å². The van der Waals surface area contributed by atoms with E-state index in [-0.39, 0.29) is 0 Å². The lowest BCUT2D eigenvalue weighted by molar-refractivity contribution is -0.167. The van der Waals surface area contributed by atoms with E-state index in [1.54, 1.807) is 20.8 Å². The molecule has 0 bridgehead atoms. The highest BCUT2D eigenvalue weighted by Gasteiger charge is 2.36. The summed E-state index contributed by atoms with van der Waals surface area (Å²) in [5.74, 6) is -3.39. The third-order valence-corrected chi connectivity index (χ3v) is 3.27. The number of aliphatic carboxylic acids is 1. The van der Waals surface area contributed by atoms with Crippen molar-refractivity contribution in [1.82, 2.24) is 0 Å². The van der Waals surface area contributed by atoms with Gasteiger partial charge in [-0.3, -0.25) is 9.59 Å². The number of nitrogens with two attached hydrogens (primary N) is 1. The van der Waals surface area contributed by atoms with Crippen LogP contribution >= 0.6 is 11.3 Å². The van der Waals surface area contributed by atoms with E-state index >= 15 is 0 Å². The lowest BCUT2D eigenvalue weighted by Gasteiger charge is -2.24. The van der Waals surface area contributed by atoms with Crippen molar-refractivity contribution < 1.29 is 19.4 Å². The highest BCUT2D eigenvalue weighted by Crippen LogP contribution is 2.18. The van der Waals surface area contributed by atoms with Crippen LogP contribution in [0.2, 0.25) is 0 Å². The highest BCUT2D eigenvalue weighted by molar-refractivity contribution is 7.09. The molecule has 0 unspecified atom stereocenters. The summed E-state index contributed by atoms with van der Waals surface area (Å²) in [7, 11) is 0. The summed E-state index contributed by atoms with van der Waals surface area (Å²) >= 11 is 1.48. The third kappa shape index (κ3) is 5.00. The van der Waals surface area contributed by atoms with Gasteiger partial charge in [-0.05, 0) is 38.6 Å². The van der Waals surface area contributed by atoms with Gasteiger partial charge in [0.05, 0.1) is 0 Å². The van der Waals surface area contributed by atoms with Crippen molar-refractivity contribution in [2.45, 2.75) is 38.8 Å². The minimum atomic E-state index is -1.35. The van der Waals surface area contributed by atoms with Gasteiger partial charge in [0.25, 0.3) is 0 Å². The molecule has 5 nitrogen and oxygen atoms in total. The van der Waals surface area contributed by atoms with Crippen LogP contribution in [0.3, 0.4) is 0 Å². The molecule has 106 valence electrons. The first-order valence-electron chi connectivity index (χ1n) is 5.94. The number of thiophene rings is 1. The number of hydrogen-bond donors (Lipinski definition) is 2. The first-order valence-corrected chi connectivity index (χ1v) is 6.82. The minimum Gasteiger partial charge on any atom is -0.481 e. The van der Waals surface area contributed by atoms with Crippen LogP contribution in [0.5, 0.6) is 0 Å². The van der Waals surface area contributed by atoms with E-state index in [9.17, 15) is 9.59 Å². The van der Waals surface area contributed by atoms with Crippen LogP contribution in [0, 0.1) is 5.92 Å². The molecule has 1 heterocycles. The summed E-state index contributed by atoms with van der Waals surface area (Å²) < 4.78 is 5.11. The molecule has 1 aromatic rings. The van der Waals surface area contributed by atoms with Gasteiger partial charge in [-0.2, -0.15) is 0 Å². The largest absolute Gasteiger partial charge is 0.481 e. The first-order chi connectivity index (χ1) is 8.70. The van der Waals surface area contributed by atoms with Crippen LogP contribution < -0.4 is 5.73 Å². The Balaban J connectivity index is 2.76. The van der Waals surface area contributed by atoms with Crippen molar-refractivity contribution in [2.75, 3.05) is 0 Å². The second kappa shape index (κ2) is 6.16. The lowest BCUT2D eigenvalue weighted by atomic mass is 9.97. The van der Waals surface area contributed by atoms with E-state index in [2.05, 4.69) is 0 Å². The summed E-state index contributed by atoms with van der Waals surface area (Å²) in [5, 5.41) is 11.0. The molecule has 0 aliphatic heterocycles. The van der Waals surface area contributed by atoms with Gasteiger partial charge in [0, 0.05) is 10.9 Å². The molecule has 0 amide bonds. The van der Waals surface area contributed by atoms with Gasteiger partial charge < -0.3 is 15.6 Å². The molecular formula is C13H19NO4S. The normalized spacial score (nSPS) is 14.7. The van der Waals surface area contributed by atoms with Gasteiger partial charge in [-0.25, -0.2) is 0 Å². The molecule has 6 heteroatoms. The lowest BCUT2D eigenvalue weighted by Crippen LogP contribution is -2.45. The smallest absolute Gasteiger partial charge is 0.322 e. The van der Waals surface area contributed by atoms with Crippen LogP contribution in [0.15, 0.2) is 17.5 Å². The van der Waals surface area contributed by atoms with Crippen molar-refractivity contribution in [2.24, 2.45) is 11.7 Å². The van der Waals surface area contributed by atoms with Gasteiger partial charge in [0.15, 0.2) is 5.92 Å². The maximum absolute atomic E-state index is 11.9. The fourth-order valence-electron chi connectivity index (χ4n) is 1.60. The Hall–Kier alpha value is -1.40. The number of ether oxygens (including phenoxy) is 1. The highest BCUT2D eigenvalue weighted by atomic mass is 32.1. The molecule has 0 saturated heterocycles. The zero-order chi connectivity index (χ0) is 14.6. The zero-order valence-electron chi connectivity index (χ0n) is 11.3. The van der Waals surface area contributed by atoms with Crippen LogP contribution in [-0.4, -0.2) is 28.7 Å². The van der Waals surface area contributed by atoms with Crippen molar-refractivity contribution in [3.63, 3.8) is 0 Å². The van der Waals surface area contributed by atoms with Crippen LogP contribution in [-0.2, 0) is 20.7 Å². The van der Waals surface area contributed by atoms with E-state index < -0.39 is 29.5 Å². The van der Waals surface area contributed by atoms with Gasteiger partial charge in [-0.1, -0.05) is 6.07 Å². The minimum absolute atomic E-state index is 0.341. The predicted octanol–water partition coefficient (Wildman–Crippen LogP) is 1.66. The molecule has 0 aliphatic rings. The summed E-state index contributed by atoms with van der Waals surface area (Å²) in [6, 6.07) is 2.92. The SMILES string of the molecule is CC(C)(C)OC(=O)[C@H](C(=O)O)[C@H](N)Cc1cccs1. The van der Waals surface area contributed by atoms with Crippen molar-refractivity contribution >= 4 is 23.3 Å². The number of carbonyl (C=O) groups is 2. The molecule has 2 atom stereocenters. The second-order valence-corrected chi connectivity index (χ2v) is 6.33. The third-order valence-electron chi connectivity index (χ3n) is 2.37. The Bertz CT molecular complexity index is 436. The summed E-state index contributed by atoms with van der Waals surface area (Å²) in [4.78, 5) is 24.1. The molecule has 19 heavy (non-hydrogen) atoms. The molecule has 3 N–H and O–H groups in total. The number of carboxylic acid groups (broad SMARTS) is 1. The molecular weight excluding hydrogens is 266 g/mol. The van der Waals surface area contributed by atoms with Gasteiger partial charge in [0.2, 0.25) is 0 Å². The first kappa shape index (κ1) is 15.7. The quantitative estimate of drug-likeness (QED) is 0.634. The van der Waals surface area contributed by atoms with Gasteiger partial charge in [0.1, 0.15) is 5.60 Å². The number of carboxylic acids is 1. The van der Waals surface area contributed by atoms with E-state index in [4.69, 9.17) is 15.6 Å². The number of hydrogen-bond acceptors (Lipinski definition) is 5. The Labute approximate surface area is 116 Å². The van der Waals surface area contributed by atoms with E-state index in [0.29, 0.717) is 6.42 Å². The van der Waals surface area contributed by atoms with Crippen LogP contribution in [0.25, 0.3) is 0 Å². The molecule has 0 fully saturated rings. The van der Waals surface area contributed by atoms with Gasteiger partial charge >= 0.3 is 11.9 Å². The topological polar surface area (TPSA) is 89.6 Å². The van der Waals surface area contributed by atoms with Gasteiger partial charge in [-0.15, -0.1) is 11.3 Å². The average Bonchev–Trinajstić information content (AvgIpc) is 2.66. The molecule has 0 aliphatic carbocycles. The maximum atomic E-state index is 11.9. The average molecular weight is 285 g/mol.